The molecule has 2 nitrogen and oxygen atoms in total. The van der Waals surface area contributed by atoms with Crippen LogP contribution >= 0.6 is 0 Å². The molecule has 0 radical (unpaired) electrons. The van der Waals surface area contributed by atoms with Gasteiger partial charge in [0, 0.05) is 22.3 Å². The second-order valence-electron chi connectivity index (χ2n) is 7.13. The molecule has 0 aliphatic rings. The van der Waals surface area contributed by atoms with Gasteiger partial charge in [-0.1, -0.05) is 133 Å². The Balaban J connectivity index is 1.92. The zero-order chi connectivity index (χ0) is 20.9. The largest absolute Gasteiger partial charge is 0.369 e. The molecule has 4 aromatic carbocycles. The normalized spacial score (nSPS) is 11.4. The van der Waals surface area contributed by atoms with Gasteiger partial charge in [-0.15, -0.1) is 0 Å². The quantitative estimate of drug-likeness (QED) is 0.489. The maximum absolute atomic E-state index is 11.7. The predicted molar refractivity (Wildman–Crippen MR) is 120 cm³/mol. The highest BCUT2D eigenvalue weighted by molar-refractivity contribution is 5.50. The summed E-state index contributed by atoms with van der Waals surface area (Å²) in [6.45, 7) is 0. The summed E-state index contributed by atoms with van der Waals surface area (Å²) in [4.78, 5) is 0. The van der Waals surface area contributed by atoms with E-state index in [0.29, 0.717) is 22.3 Å². The highest BCUT2D eigenvalue weighted by Gasteiger charge is 2.33. The van der Waals surface area contributed by atoms with Gasteiger partial charge in [0.1, 0.15) is 0 Å². The third-order valence-electron chi connectivity index (χ3n) is 5.19. The third kappa shape index (κ3) is 3.77. The molecule has 0 aromatic heterocycles. The number of aliphatic hydroxyl groups is 2. The summed E-state index contributed by atoms with van der Waals surface area (Å²) in [6, 6.07) is 37.2. The van der Waals surface area contributed by atoms with Gasteiger partial charge in [-0.05, 0) is 0 Å². The maximum atomic E-state index is 11.7. The lowest BCUT2D eigenvalue weighted by Gasteiger charge is -2.27. The molecule has 0 aliphatic heterocycles. The molecule has 0 fully saturated rings. The molecule has 146 valence electrons. The third-order valence-corrected chi connectivity index (χ3v) is 5.19. The van der Waals surface area contributed by atoms with E-state index in [2.05, 4.69) is 11.8 Å². The Hall–Kier alpha value is -3.64. The minimum atomic E-state index is -1.57. The average molecular weight is 390 g/mol. The molecule has 0 amide bonds. The molecule has 0 saturated heterocycles. The Bertz CT molecular complexity index is 970. The number of benzene rings is 4. The van der Waals surface area contributed by atoms with E-state index in [4.69, 9.17) is 0 Å². The van der Waals surface area contributed by atoms with E-state index in [9.17, 15) is 10.2 Å². The van der Waals surface area contributed by atoms with E-state index in [1.165, 1.54) is 0 Å². The van der Waals surface area contributed by atoms with E-state index >= 15 is 0 Å². The molecule has 0 atom stereocenters. The fourth-order valence-electron chi connectivity index (χ4n) is 3.52. The van der Waals surface area contributed by atoms with Crippen LogP contribution in [-0.2, 0) is 11.2 Å². The highest BCUT2D eigenvalue weighted by Crippen LogP contribution is 2.32. The summed E-state index contributed by atoms with van der Waals surface area (Å²) >= 11 is 0. The van der Waals surface area contributed by atoms with Crippen LogP contribution in [-0.4, -0.2) is 10.2 Å². The second-order valence-corrected chi connectivity index (χ2v) is 7.13. The highest BCUT2D eigenvalue weighted by atomic mass is 16.3. The Morgan fingerprint density at radius 1 is 0.367 bits per heavy atom. The van der Waals surface area contributed by atoms with E-state index < -0.39 is 11.2 Å². The van der Waals surface area contributed by atoms with E-state index in [1.54, 1.807) is 0 Å². The molecule has 0 aliphatic carbocycles. The lowest BCUT2D eigenvalue weighted by molar-refractivity contribution is 0.133. The smallest absolute Gasteiger partial charge is 0.177 e. The summed E-state index contributed by atoms with van der Waals surface area (Å²) in [5.74, 6) is 6.04. The van der Waals surface area contributed by atoms with Crippen molar-refractivity contribution in [3.63, 3.8) is 0 Å². The van der Waals surface area contributed by atoms with Crippen molar-refractivity contribution < 1.29 is 10.2 Å². The molecular formula is C28H22O2. The number of rotatable bonds is 4. The molecule has 0 saturated carbocycles. The lowest BCUT2D eigenvalue weighted by atomic mass is 9.83. The van der Waals surface area contributed by atoms with Crippen molar-refractivity contribution in [1.82, 2.24) is 0 Å². The summed E-state index contributed by atoms with van der Waals surface area (Å²) < 4.78 is 0. The first-order valence-electron chi connectivity index (χ1n) is 9.84. The molecule has 0 spiro atoms. The van der Waals surface area contributed by atoms with Crippen LogP contribution in [0.3, 0.4) is 0 Å². The molecule has 30 heavy (non-hydrogen) atoms. The fraction of sp³-hybridized carbons (Fsp3) is 0.0714. The van der Waals surface area contributed by atoms with Gasteiger partial charge in [-0.25, -0.2) is 0 Å². The van der Waals surface area contributed by atoms with Crippen molar-refractivity contribution in [2.45, 2.75) is 11.2 Å². The van der Waals surface area contributed by atoms with Gasteiger partial charge in [-0.2, -0.15) is 0 Å². The van der Waals surface area contributed by atoms with Gasteiger partial charge >= 0.3 is 0 Å². The van der Waals surface area contributed by atoms with Crippen molar-refractivity contribution in [3.8, 4) is 11.8 Å². The number of hydrogen-bond acceptors (Lipinski definition) is 2. The first kappa shape index (κ1) is 19.7. The zero-order valence-corrected chi connectivity index (χ0v) is 16.4. The molecule has 4 rings (SSSR count). The van der Waals surface area contributed by atoms with Crippen LogP contribution in [0.15, 0.2) is 121 Å². The lowest BCUT2D eigenvalue weighted by Crippen LogP contribution is -2.29. The van der Waals surface area contributed by atoms with Gasteiger partial charge in [0.05, 0.1) is 0 Å². The van der Waals surface area contributed by atoms with E-state index in [-0.39, 0.29) is 0 Å². The van der Waals surface area contributed by atoms with Gasteiger partial charge in [-0.3, -0.25) is 0 Å². The van der Waals surface area contributed by atoms with Crippen LogP contribution in [0.5, 0.6) is 0 Å². The average Bonchev–Trinajstić information content (AvgIpc) is 2.84. The molecule has 0 bridgehead atoms. The minimum absolute atomic E-state index is 0.646. The first-order chi connectivity index (χ1) is 14.6. The van der Waals surface area contributed by atoms with Crippen LogP contribution in [0.25, 0.3) is 0 Å². The first-order valence-corrected chi connectivity index (χ1v) is 9.84. The fourth-order valence-corrected chi connectivity index (χ4v) is 3.52. The van der Waals surface area contributed by atoms with Gasteiger partial charge in [0.25, 0.3) is 0 Å². The number of hydrogen-bond donors (Lipinski definition) is 2. The Morgan fingerprint density at radius 3 is 0.767 bits per heavy atom. The monoisotopic (exact) mass is 390 g/mol. The Kier molecular flexibility index (Phi) is 5.50. The SMILES string of the molecule is OC(C#CC(O)(c1ccccc1)c1ccccc1)(c1ccccc1)c1ccccc1. The van der Waals surface area contributed by atoms with Crippen molar-refractivity contribution in [2.75, 3.05) is 0 Å². The summed E-state index contributed by atoms with van der Waals surface area (Å²) in [7, 11) is 0. The van der Waals surface area contributed by atoms with Crippen LogP contribution in [0, 0.1) is 11.8 Å². The predicted octanol–water partition coefficient (Wildman–Crippen LogP) is 4.86. The van der Waals surface area contributed by atoms with E-state index in [0.717, 1.165) is 0 Å². The minimum Gasteiger partial charge on any atom is -0.369 e. The van der Waals surface area contributed by atoms with E-state index in [1.807, 2.05) is 121 Å². The maximum Gasteiger partial charge on any atom is 0.177 e. The molecule has 2 heteroatoms. The Labute approximate surface area is 177 Å². The van der Waals surface area contributed by atoms with Crippen LogP contribution in [0.1, 0.15) is 22.3 Å². The van der Waals surface area contributed by atoms with Gasteiger partial charge in [0.2, 0.25) is 0 Å². The van der Waals surface area contributed by atoms with Crippen molar-refractivity contribution >= 4 is 0 Å². The second kappa shape index (κ2) is 8.39. The molecular weight excluding hydrogens is 368 g/mol. The van der Waals surface area contributed by atoms with Crippen LogP contribution in [0.2, 0.25) is 0 Å². The van der Waals surface area contributed by atoms with Crippen LogP contribution < -0.4 is 0 Å². The summed E-state index contributed by atoms with van der Waals surface area (Å²) in [5.41, 5.74) is -0.557. The molecule has 0 unspecified atom stereocenters. The van der Waals surface area contributed by atoms with Gasteiger partial charge in [0.15, 0.2) is 11.2 Å². The summed E-state index contributed by atoms with van der Waals surface area (Å²) in [5, 5.41) is 23.5. The zero-order valence-electron chi connectivity index (χ0n) is 16.4. The Morgan fingerprint density at radius 2 is 0.567 bits per heavy atom. The van der Waals surface area contributed by atoms with Crippen LogP contribution in [0.4, 0.5) is 0 Å². The standard InChI is InChI=1S/C28H22O2/c29-27(23-13-5-1-6-14-23,24-15-7-2-8-16-24)21-22-28(30,25-17-9-3-10-18-25)26-19-11-4-12-20-26/h1-20,29-30H. The summed E-state index contributed by atoms with van der Waals surface area (Å²) in [6.07, 6.45) is 0. The molecule has 4 aromatic rings. The van der Waals surface area contributed by atoms with Gasteiger partial charge < -0.3 is 10.2 Å². The molecule has 2 N–H and O–H groups in total. The molecule has 0 heterocycles. The van der Waals surface area contributed by atoms with Crippen molar-refractivity contribution in [2.24, 2.45) is 0 Å². The topological polar surface area (TPSA) is 40.5 Å². The van der Waals surface area contributed by atoms with Crippen molar-refractivity contribution in [1.29, 1.82) is 0 Å². The van der Waals surface area contributed by atoms with Crippen molar-refractivity contribution in [3.05, 3.63) is 144 Å².